The van der Waals surface area contributed by atoms with Gasteiger partial charge in [-0.15, -0.1) is 0 Å². The molecule has 0 radical (unpaired) electrons. The highest BCUT2D eigenvalue weighted by Crippen LogP contribution is 2.31. The van der Waals surface area contributed by atoms with E-state index in [9.17, 15) is 9.50 Å². The average molecular weight is 342 g/mol. The lowest BCUT2D eigenvalue weighted by Crippen LogP contribution is -1.93. The second-order valence-electron chi connectivity index (χ2n) is 2.71. The summed E-state index contributed by atoms with van der Waals surface area (Å²) in [5.41, 5.74) is 0.400. The number of aromatic nitrogens is 1. The zero-order valence-electron chi connectivity index (χ0n) is 7.45. The normalized spacial score (nSPS) is 12.1. The topological polar surface area (TPSA) is 45.5 Å². The summed E-state index contributed by atoms with van der Waals surface area (Å²) in [5, 5.41) is 9.52. The molecule has 0 aliphatic rings. The maximum atomic E-state index is 13.0. The van der Waals surface area contributed by atoms with Crippen molar-refractivity contribution in [2.24, 2.45) is 4.99 Å². The van der Waals surface area contributed by atoms with Gasteiger partial charge < -0.3 is 5.11 Å². The van der Waals surface area contributed by atoms with Gasteiger partial charge in [-0.2, -0.15) is 4.37 Å². The van der Waals surface area contributed by atoms with Gasteiger partial charge in [-0.3, -0.25) is 0 Å². The van der Waals surface area contributed by atoms with Gasteiger partial charge in [0.15, 0.2) is 21.4 Å². The van der Waals surface area contributed by atoms with E-state index in [0.29, 0.717) is 20.0 Å². The Balaban J connectivity index is 2.59. The molecule has 0 bridgehead atoms. The Morgan fingerprint density at radius 3 is 2.88 bits per heavy atom. The number of rotatable bonds is 1. The number of aromatic hydroxyl groups is 1. The standard InChI is InChI=1S/C8H3BrClFN2OS2/c9-3-1-4(11)6(14)2-5(3)12-8-7(10)13-16-15-8/h1-2,14H/b12-8-. The van der Waals surface area contributed by atoms with Gasteiger partial charge in [-0.1, -0.05) is 11.6 Å². The molecule has 0 fully saturated rings. The van der Waals surface area contributed by atoms with Crippen molar-refractivity contribution in [1.82, 2.24) is 4.37 Å². The smallest absolute Gasteiger partial charge is 0.179 e. The molecule has 0 unspecified atom stereocenters. The van der Waals surface area contributed by atoms with Crippen molar-refractivity contribution < 1.29 is 9.50 Å². The Hall–Kier alpha value is -0.500. The highest BCUT2D eigenvalue weighted by atomic mass is 79.9. The van der Waals surface area contributed by atoms with E-state index >= 15 is 0 Å². The summed E-state index contributed by atoms with van der Waals surface area (Å²) >= 11 is 8.93. The Kier molecular flexibility index (Phi) is 3.58. The molecule has 0 amide bonds. The fourth-order valence-corrected chi connectivity index (χ4v) is 3.34. The highest BCUT2D eigenvalue weighted by Gasteiger charge is 2.07. The first-order chi connectivity index (χ1) is 7.58. The molecule has 0 atom stereocenters. The maximum absolute atomic E-state index is 13.0. The highest BCUT2D eigenvalue weighted by molar-refractivity contribution is 9.10. The molecule has 1 heterocycles. The number of benzene rings is 1. The van der Waals surface area contributed by atoms with E-state index in [1.807, 2.05) is 0 Å². The molecule has 2 rings (SSSR count). The lowest BCUT2D eigenvalue weighted by atomic mass is 10.3. The molecule has 2 aromatic rings. The molecule has 0 saturated carbocycles. The number of hydrogen-bond acceptors (Lipinski definition) is 5. The molecule has 8 heteroatoms. The van der Waals surface area contributed by atoms with Crippen LogP contribution in [0.25, 0.3) is 0 Å². The molecule has 1 aromatic carbocycles. The summed E-state index contributed by atoms with van der Waals surface area (Å²) in [4.78, 5) is 4.16. The van der Waals surface area contributed by atoms with Crippen molar-refractivity contribution in [3.8, 4) is 5.75 Å². The van der Waals surface area contributed by atoms with Gasteiger partial charge in [0.2, 0.25) is 0 Å². The van der Waals surface area contributed by atoms with Crippen molar-refractivity contribution >= 4 is 54.1 Å². The molecule has 0 saturated heterocycles. The Morgan fingerprint density at radius 2 is 2.25 bits per heavy atom. The molecule has 0 aliphatic heterocycles. The van der Waals surface area contributed by atoms with Crippen LogP contribution in [-0.2, 0) is 0 Å². The molecule has 1 aromatic heterocycles. The summed E-state index contributed by atoms with van der Waals surface area (Å²) in [6, 6.07) is 2.37. The number of hydrogen-bond donors (Lipinski definition) is 1. The summed E-state index contributed by atoms with van der Waals surface area (Å²) < 4.78 is 17.8. The van der Waals surface area contributed by atoms with Gasteiger partial charge in [0, 0.05) is 21.1 Å². The van der Waals surface area contributed by atoms with E-state index in [-0.39, 0.29) is 0 Å². The molecular formula is C8H3BrClFN2OS2. The van der Waals surface area contributed by atoms with E-state index in [0.717, 1.165) is 6.07 Å². The molecular weight excluding hydrogens is 339 g/mol. The SMILES string of the molecule is Oc1cc(/N=c2\ssnc2Cl)c(Br)cc1F. The maximum Gasteiger partial charge on any atom is 0.179 e. The fraction of sp³-hybridized carbons (Fsp3) is 0. The van der Waals surface area contributed by atoms with Crippen molar-refractivity contribution in [2.75, 3.05) is 0 Å². The van der Waals surface area contributed by atoms with Gasteiger partial charge in [0.05, 0.1) is 5.69 Å². The van der Waals surface area contributed by atoms with Crippen LogP contribution in [0.4, 0.5) is 10.1 Å². The van der Waals surface area contributed by atoms with Crippen LogP contribution in [0.2, 0.25) is 5.15 Å². The van der Waals surface area contributed by atoms with Gasteiger partial charge in [-0.25, -0.2) is 9.38 Å². The van der Waals surface area contributed by atoms with Crippen LogP contribution >= 0.6 is 48.4 Å². The van der Waals surface area contributed by atoms with Crippen LogP contribution in [0.3, 0.4) is 0 Å². The summed E-state index contributed by atoms with van der Waals surface area (Å²) in [6.07, 6.45) is 0. The Labute approximate surface area is 111 Å². The third-order valence-electron chi connectivity index (χ3n) is 1.65. The van der Waals surface area contributed by atoms with Gasteiger partial charge >= 0.3 is 0 Å². The largest absolute Gasteiger partial charge is 0.505 e. The quantitative estimate of drug-likeness (QED) is 0.804. The zero-order chi connectivity index (χ0) is 11.7. The third-order valence-corrected chi connectivity index (χ3v) is 4.45. The van der Waals surface area contributed by atoms with Crippen LogP contribution in [0.1, 0.15) is 0 Å². The average Bonchev–Trinajstić information content (AvgIpc) is 2.61. The predicted octanol–water partition coefficient (Wildman–Crippen LogP) is 3.70. The molecule has 0 spiro atoms. The molecule has 3 nitrogen and oxygen atoms in total. The first kappa shape index (κ1) is 12.0. The minimum absolute atomic E-state index is 0.297. The Bertz CT molecular complexity index is 598. The minimum Gasteiger partial charge on any atom is -0.505 e. The monoisotopic (exact) mass is 340 g/mol. The lowest BCUT2D eigenvalue weighted by Gasteiger charge is -1.99. The van der Waals surface area contributed by atoms with E-state index in [4.69, 9.17) is 11.6 Å². The van der Waals surface area contributed by atoms with Crippen LogP contribution in [-0.4, -0.2) is 9.48 Å². The van der Waals surface area contributed by atoms with Crippen LogP contribution < -0.4 is 4.67 Å². The van der Waals surface area contributed by atoms with E-state index in [1.165, 1.54) is 26.9 Å². The number of halogens is 3. The predicted molar refractivity (Wildman–Crippen MR) is 66.0 cm³/mol. The first-order valence-corrected chi connectivity index (χ1v) is 7.20. The van der Waals surface area contributed by atoms with E-state index < -0.39 is 11.6 Å². The van der Waals surface area contributed by atoms with E-state index in [2.05, 4.69) is 25.3 Å². The number of phenolic OH excluding ortho intramolecular Hbond substituents is 1. The molecule has 0 aliphatic carbocycles. The second kappa shape index (κ2) is 4.79. The zero-order valence-corrected chi connectivity index (χ0v) is 11.4. The van der Waals surface area contributed by atoms with E-state index in [1.54, 1.807) is 0 Å². The number of phenols is 1. The second-order valence-corrected chi connectivity index (χ2v) is 5.76. The van der Waals surface area contributed by atoms with Crippen LogP contribution in [0.5, 0.6) is 5.75 Å². The molecule has 84 valence electrons. The summed E-state index contributed by atoms with van der Waals surface area (Å²) in [7, 11) is 2.51. The van der Waals surface area contributed by atoms with Gasteiger partial charge in [-0.05, 0) is 32.3 Å². The molecule has 1 N–H and O–H groups in total. The first-order valence-electron chi connectivity index (χ1n) is 3.92. The third kappa shape index (κ3) is 2.42. The fourth-order valence-electron chi connectivity index (χ4n) is 0.946. The van der Waals surface area contributed by atoms with Gasteiger partial charge in [0.25, 0.3) is 0 Å². The van der Waals surface area contributed by atoms with Crippen LogP contribution in [0.15, 0.2) is 21.6 Å². The molecule has 16 heavy (non-hydrogen) atoms. The van der Waals surface area contributed by atoms with Gasteiger partial charge in [0.1, 0.15) is 0 Å². The van der Waals surface area contributed by atoms with Crippen molar-refractivity contribution in [1.29, 1.82) is 0 Å². The van der Waals surface area contributed by atoms with Crippen molar-refractivity contribution in [3.63, 3.8) is 0 Å². The van der Waals surface area contributed by atoms with Crippen molar-refractivity contribution in [2.45, 2.75) is 0 Å². The Morgan fingerprint density at radius 1 is 1.50 bits per heavy atom. The summed E-state index contributed by atoms with van der Waals surface area (Å²) in [6.45, 7) is 0. The number of nitrogens with zero attached hydrogens (tertiary/aromatic N) is 2. The lowest BCUT2D eigenvalue weighted by molar-refractivity contribution is 0.432. The minimum atomic E-state index is -0.705. The summed E-state index contributed by atoms with van der Waals surface area (Å²) in [5.74, 6) is -1.16. The van der Waals surface area contributed by atoms with Crippen molar-refractivity contribution in [3.05, 3.63) is 32.2 Å². The van der Waals surface area contributed by atoms with Crippen LogP contribution in [0, 0.1) is 5.82 Å².